The molecular formula is C15H22ClN3S. The maximum atomic E-state index is 5.70. The van der Waals surface area contributed by atoms with E-state index in [-0.39, 0.29) is 12.4 Å². The Labute approximate surface area is 131 Å². The SMILES string of the molecule is Cc1ncc(CN(CCN)CCc2ccccc2)s1.Cl. The maximum Gasteiger partial charge on any atom is 0.0897 e. The van der Waals surface area contributed by atoms with Gasteiger partial charge >= 0.3 is 0 Å². The smallest absolute Gasteiger partial charge is 0.0897 e. The van der Waals surface area contributed by atoms with Gasteiger partial charge in [-0.15, -0.1) is 23.7 Å². The van der Waals surface area contributed by atoms with Crippen LogP contribution in [0.3, 0.4) is 0 Å². The Morgan fingerprint density at radius 3 is 2.55 bits per heavy atom. The summed E-state index contributed by atoms with van der Waals surface area (Å²) in [5.74, 6) is 0. The quantitative estimate of drug-likeness (QED) is 0.855. The zero-order chi connectivity index (χ0) is 13.5. The third kappa shape index (κ3) is 5.59. The normalized spacial score (nSPS) is 10.6. The van der Waals surface area contributed by atoms with Crippen molar-refractivity contribution in [3.05, 3.63) is 52.0 Å². The number of rotatable bonds is 7. The molecule has 0 amide bonds. The Hall–Kier alpha value is -0.940. The highest BCUT2D eigenvalue weighted by Gasteiger charge is 2.07. The highest BCUT2D eigenvalue weighted by molar-refractivity contribution is 7.11. The summed E-state index contributed by atoms with van der Waals surface area (Å²) in [6.45, 7) is 5.68. The lowest BCUT2D eigenvalue weighted by atomic mass is 10.1. The minimum Gasteiger partial charge on any atom is -0.329 e. The maximum absolute atomic E-state index is 5.70. The standard InChI is InChI=1S/C15H21N3S.ClH/c1-13-17-11-15(19-13)12-18(10-8-16)9-7-14-5-3-2-4-6-14;/h2-6,11H,7-10,12,16H2,1H3;1H. The lowest BCUT2D eigenvalue weighted by molar-refractivity contribution is 0.278. The van der Waals surface area contributed by atoms with Crippen LogP contribution in [-0.2, 0) is 13.0 Å². The molecule has 0 aliphatic carbocycles. The molecule has 3 nitrogen and oxygen atoms in total. The van der Waals surface area contributed by atoms with Gasteiger partial charge in [0.2, 0.25) is 0 Å². The Bertz CT molecular complexity index is 487. The van der Waals surface area contributed by atoms with Gasteiger partial charge in [-0.05, 0) is 18.9 Å². The molecular weight excluding hydrogens is 290 g/mol. The Morgan fingerprint density at radius 2 is 1.95 bits per heavy atom. The summed E-state index contributed by atoms with van der Waals surface area (Å²) >= 11 is 1.77. The molecule has 0 atom stereocenters. The molecule has 0 saturated carbocycles. The number of benzene rings is 1. The highest BCUT2D eigenvalue weighted by Crippen LogP contribution is 2.14. The number of hydrogen-bond donors (Lipinski definition) is 1. The van der Waals surface area contributed by atoms with Crippen LogP contribution in [0.4, 0.5) is 0 Å². The van der Waals surface area contributed by atoms with Crippen molar-refractivity contribution in [1.82, 2.24) is 9.88 Å². The number of aryl methyl sites for hydroxylation is 1. The molecule has 20 heavy (non-hydrogen) atoms. The molecule has 1 heterocycles. The van der Waals surface area contributed by atoms with Gasteiger partial charge in [0.1, 0.15) is 0 Å². The number of aromatic nitrogens is 1. The van der Waals surface area contributed by atoms with Crippen molar-refractivity contribution in [1.29, 1.82) is 0 Å². The summed E-state index contributed by atoms with van der Waals surface area (Å²) < 4.78 is 0. The molecule has 0 aliphatic heterocycles. The van der Waals surface area contributed by atoms with Crippen LogP contribution in [0.15, 0.2) is 36.5 Å². The van der Waals surface area contributed by atoms with Gasteiger partial charge in [-0.1, -0.05) is 30.3 Å². The van der Waals surface area contributed by atoms with E-state index in [4.69, 9.17) is 5.73 Å². The first kappa shape index (κ1) is 17.1. The summed E-state index contributed by atoms with van der Waals surface area (Å²) in [7, 11) is 0. The van der Waals surface area contributed by atoms with E-state index < -0.39 is 0 Å². The van der Waals surface area contributed by atoms with E-state index in [1.807, 2.05) is 13.1 Å². The summed E-state index contributed by atoms with van der Waals surface area (Å²) in [5, 5.41) is 1.13. The van der Waals surface area contributed by atoms with Crippen molar-refractivity contribution in [3.63, 3.8) is 0 Å². The molecule has 0 unspecified atom stereocenters. The second kappa shape index (κ2) is 9.08. The molecule has 110 valence electrons. The second-order valence-electron chi connectivity index (χ2n) is 4.65. The van der Waals surface area contributed by atoms with Crippen LogP contribution in [0.5, 0.6) is 0 Å². The zero-order valence-corrected chi connectivity index (χ0v) is 13.4. The molecule has 0 radical (unpaired) electrons. The Balaban J connectivity index is 0.00000200. The van der Waals surface area contributed by atoms with Crippen LogP contribution < -0.4 is 5.73 Å². The van der Waals surface area contributed by atoms with Crippen molar-refractivity contribution < 1.29 is 0 Å². The lowest BCUT2D eigenvalue weighted by Gasteiger charge is -2.20. The van der Waals surface area contributed by atoms with E-state index in [1.165, 1.54) is 10.4 Å². The first-order chi connectivity index (χ1) is 9.28. The van der Waals surface area contributed by atoms with Gasteiger partial charge in [-0.2, -0.15) is 0 Å². The third-order valence-electron chi connectivity index (χ3n) is 3.05. The molecule has 5 heteroatoms. The molecule has 1 aromatic carbocycles. The van der Waals surface area contributed by atoms with Crippen LogP contribution in [-0.4, -0.2) is 29.5 Å². The average Bonchev–Trinajstić information content (AvgIpc) is 2.83. The van der Waals surface area contributed by atoms with E-state index in [2.05, 4.69) is 40.2 Å². The number of nitrogens with two attached hydrogens (primary N) is 1. The van der Waals surface area contributed by atoms with Crippen LogP contribution in [0, 0.1) is 6.92 Å². The number of hydrogen-bond acceptors (Lipinski definition) is 4. The first-order valence-electron chi connectivity index (χ1n) is 6.65. The minimum atomic E-state index is 0. The summed E-state index contributed by atoms with van der Waals surface area (Å²) in [5.41, 5.74) is 7.08. The Morgan fingerprint density at radius 1 is 1.20 bits per heavy atom. The fourth-order valence-electron chi connectivity index (χ4n) is 2.08. The van der Waals surface area contributed by atoms with Crippen molar-refractivity contribution in [2.24, 2.45) is 5.73 Å². The van der Waals surface area contributed by atoms with Gasteiger partial charge in [0.05, 0.1) is 5.01 Å². The van der Waals surface area contributed by atoms with Gasteiger partial charge < -0.3 is 5.73 Å². The van der Waals surface area contributed by atoms with Crippen molar-refractivity contribution in [2.75, 3.05) is 19.6 Å². The number of halogens is 1. The van der Waals surface area contributed by atoms with E-state index in [9.17, 15) is 0 Å². The molecule has 2 aromatic rings. The van der Waals surface area contributed by atoms with Crippen LogP contribution in [0.25, 0.3) is 0 Å². The molecule has 0 saturated heterocycles. The Kier molecular flexibility index (Phi) is 7.77. The zero-order valence-electron chi connectivity index (χ0n) is 11.8. The molecule has 2 N–H and O–H groups in total. The van der Waals surface area contributed by atoms with Crippen LogP contribution in [0.1, 0.15) is 15.4 Å². The molecule has 2 rings (SSSR count). The summed E-state index contributed by atoms with van der Waals surface area (Å²) in [6.07, 6.45) is 3.05. The summed E-state index contributed by atoms with van der Waals surface area (Å²) in [6, 6.07) is 10.6. The van der Waals surface area contributed by atoms with Gasteiger partial charge in [-0.25, -0.2) is 4.98 Å². The van der Waals surface area contributed by atoms with Crippen molar-refractivity contribution >= 4 is 23.7 Å². The average molecular weight is 312 g/mol. The van der Waals surface area contributed by atoms with Crippen molar-refractivity contribution in [3.8, 4) is 0 Å². The van der Waals surface area contributed by atoms with Gasteiger partial charge in [-0.3, -0.25) is 4.90 Å². The minimum absolute atomic E-state index is 0. The van der Waals surface area contributed by atoms with E-state index in [1.54, 1.807) is 11.3 Å². The highest BCUT2D eigenvalue weighted by atomic mass is 35.5. The van der Waals surface area contributed by atoms with Crippen molar-refractivity contribution in [2.45, 2.75) is 19.9 Å². The lowest BCUT2D eigenvalue weighted by Crippen LogP contribution is -2.30. The monoisotopic (exact) mass is 311 g/mol. The van der Waals surface area contributed by atoms with Gasteiger partial charge in [0.15, 0.2) is 0 Å². The molecule has 0 aliphatic rings. The third-order valence-corrected chi connectivity index (χ3v) is 3.95. The van der Waals surface area contributed by atoms with Gasteiger partial charge in [0, 0.05) is 37.3 Å². The number of nitrogens with zero attached hydrogens (tertiary/aromatic N) is 2. The van der Waals surface area contributed by atoms with E-state index in [0.717, 1.165) is 31.1 Å². The topological polar surface area (TPSA) is 42.2 Å². The van der Waals surface area contributed by atoms with E-state index >= 15 is 0 Å². The fraction of sp³-hybridized carbons (Fsp3) is 0.400. The predicted molar refractivity (Wildman–Crippen MR) is 88.6 cm³/mol. The predicted octanol–water partition coefficient (Wildman–Crippen LogP) is 2.88. The number of thiazole rings is 1. The molecule has 0 fully saturated rings. The van der Waals surface area contributed by atoms with Gasteiger partial charge in [0.25, 0.3) is 0 Å². The molecule has 0 spiro atoms. The fourth-order valence-corrected chi connectivity index (χ4v) is 2.92. The van der Waals surface area contributed by atoms with Crippen LogP contribution in [0.2, 0.25) is 0 Å². The molecule has 1 aromatic heterocycles. The largest absolute Gasteiger partial charge is 0.329 e. The van der Waals surface area contributed by atoms with E-state index in [0.29, 0.717) is 6.54 Å². The first-order valence-corrected chi connectivity index (χ1v) is 7.47. The second-order valence-corrected chi connectivity index (χ2v) is 5.97. The summed E-state index contributed by atoms with van der Waals surface area (Å²) in [4.78, 5) is 8.03. The molecule has 0 bridgehead atoms. The van der Waals surface area contributed by atoms with Crippen LogP contribution >= 0.6 is 23.7 Å².